The molecule has 0 N–H and O–H groups in total. The smallest absolute Gasteiger partial charge is 0.0224 e. The summed E-state index contributed by atoms with van der Waals surface area (Å²) in [6.07, 6.45) is 8.23. The van der Waals surface area contributed by atoms with Crippen LogP contribution in [0.3, 0.4) is 0 Å². The third-order valence-corrected chi connectivity index (χ3v) is 1.99. The fourth-order valence-corrected chi connectivity index (χ4v) is 1.37. The summed E-state index contributed by atoms with van der Waals surface area (Å²) in [6.45, 7) is 6.21. The fourth-order valence-electron chi connectivity index (χ4n) is 1.37. The lowest BCUT2D eigenvalue weighted by molar-refractivity contribution is 0.357. The van der Waals surface area contributed by atoms with Crippen molar-refractivity contribution in [2.45, 2.75) is 19.3 Å². The third kappa shape index (κ3) is 3.38. The molecule has 0 fully saturated rings. The normalized spacial score (nSPS) is 25.4. The van der Waals surface area contributed by atoms with Gasteiger partial charge in [-0.2, -0.15) is 0 Å². The first-order valence-corrected chi connectivity index (χ1v) is 4.32. The molecule has 0 saturated heterocycles. The van der Waals surface area contributed by atoms with Gasteiger partial charge in [0.1, 0.15) is 0 Å². The van der Waals surface area contributed by atoms with E-state index in [4.69, 9.17) is 0 Å². The zero-order valence-corrected chi connectivity index (χ0v) is 7.34. The molecule has 1 nitrogen and oxygen atoms in total. The maximum atomic E-state index is 3.98. The van der Waals surface area contributed by atoms with Gasteiger partial charge in [0.2, 0.25) is 0 Å². The molecule has 1 aliphatic rings. The minimum Gasteiger partial charge on any atom is -0.302 e. The van der Waals surface area contributed by atoms with Gasteiger partial charge in [0, 0.05) is 6.54 Å². The Morgan fingerprint density at radius 2 is 2.27 bits per heavy atom. The first kappa shape index (κ1) is 8.54. The van der Waals surface area contributed by atoms with Crippen LogP contribution in [0.5, 0.6) is 0 Å². The van der Waals surface area contributed by atoms with Gasteiger partial charge in [-0.1, -0.05) is 18.7 Å². The van der Waals surface area contributed by atoms with Gasteiger partial charge < -0.3 is 4.90 Å². The van der Waals surface area contributed by atoms with Crippen molar-refractivity contribution in [3.8, 4) is 0 Å². The predicted molar refractivity (Wildman–Crippen MR) is 49.6 cm³/mol. The van der Waals surface area contributed by atoms with Crippen LogP contribution >= 0.6 is 0 Å². The summed E-state index contributed by atoms with van der Waals surface area (Å²) < 4.78 is 0. The van der Waals surface area contributed by atoms with Crippen molar-refractivity contribution in [3.63, 3.8) is 0 Å². The quantitative estimate of drug-likeness (QED) is 0.513. The molecule has 0 bridgehead atoms. The van der Waals surface area contributed by atoms with Gasteiger partial charge in [0.25, 0.3) is 0 Å². The molecule has 0 unspecified atom stereocenters. The van der Waals surface area contributed by atoms with Crippen LogP contribution in [-0.4, -0.2) is 25.0 Å². The Kier molecular flexibility index (Phi) is 3.37. The minimum atomic E-state index is 1.02. The zero-order valence-electron chi connectivity index (χ0n) is 7.34. The standard InChI is InChI=1S/C10H17N/c1-10-7-5-3-4-6-8-11(2)9-10/h5,7H,1,3-4,6,8-9H2,2H3/b7-5-. The second-order valence-electron chi connectivity index (χ2n) is 3.29. The zero-order chi connectivity index (χ0) is 8.10. The van der Waals surface area contributed by atoms with Crippen LogP contribution in [0.25, 0.3) is 0 Å². The topological polar surface area (TPSA) is 3.24 Å². The maximum Gasteiger partial charge on any atom is 0.0224 e. The number of hydrogen-bond acceptors (Lipinski definition) is 1. The summed E-state index contributed by atoms with van der Waals surface area (Å²) in [6, 6.07) is 0. The molecule has 62 valence electrons. The van der Waals surface area contributed by atoms with E-state index < -0.39 is 0 Å². The largest absolute Gasteiger partial charge is 0.302 e. The summed E-state index contributed by atoms with van der Waals surface area (Å²) in [5.41, 5.74) is 1.23. The molecule has 11 heavy (non-hydrogen) atoms. The predicted octanol–water partition coefficient (Wildman–Crippen LogP) is 2.21. The molecule has 0 aromatic heterocycles. The van der Waals surface area contributed by atoms with Crippen LogP contribution in [0.1, 0.15) is 19.3 Å². The van der Waals surface area contributed by atoms with Crippen molar-refractivity contribution < 1.29 is 0 Å². The summed E-state index contributed by atoms with van der Waals surface area (Å²) in [7, 11) is 2.16. The van der Waals surface area contributed by atoms with Gasteiger partial charge in [0.15, 0.2) is 0 Å². The van der Waals surface area contributed by atoms with Crippen LogP contribution in [0.2, 0.25) is 0 Å². The second kappa shape index (κ2) is 4.35. The molecule has 0 radical (unpaired) electrons. The van der Waals surface area contributed by atoms with Crippen molar-refractivity contribution in [2.75, 3.05) is 20.1 Å². The Bertz CT molecular complexity index is 158. The second-order valence-corrected chi connectivity index (χ2v) is 3.29. The van der Waals surface area contributed by atoms with Gasteiger partial charge in [-0.25, -0.2) is 0 Å². The lowest BCUT2D eigenvalue weighted by Gasteiger charge is -2.14. The molecule has 0 amide bonds. The molecule has 1 heterocycles. The molecule has 0 aliphatic carbocycles. The monoisotopic (exact) mass is 151 g/mol. The molecule has 0 saturated carbocycles. The third-order valence-electron chi connectivity index (χ3n) is 1.99. The summed E-state index contributed by atoms with van der Waals surface area (Å²) in [5, 5.41) is 0. The number of allylic oxidation sites excluding steroid dienone is 1. The van der Waals surface area contributed by atoms with Crippen LogP contribution < -0.4 is 0 Å². The maximum absolute atomic E-state index is 3.98. The van der Waals surface area contributed by atoms with Crippen molar-refractivity contribution in [2.24, 2.45) is 0 Å². The molecule has 1 aliphatic heterocycles. The van der Waals surface area contributed by atoms with E-state index in [1.807, 2.05) is 0 Å². The Morgan fingerprint density at radius 1 is 1.45 bits per heavy atom. The van der Waals surface area contributed by atoms with E-state index in [1.54, 1.807) is 0 Å². The van der Waals surface area contributed by atoms with Gasteiger partial charge in [-0.05, 0) is 38.4 Å². The molecule has 0 aromatic carbocycles. The van der Waals surface area contributed by atoms with E-state index in [9.17, 15) is 0 Å². The minimum absolute atomic E-state index is 1.02. The molecule has 0 atom stereocenters. The van der Waals surface area contributed by atoms with E-state index >= 15 is 0 Å². The summed E-state index contributed by atoms with van der Waals surface area (Å²) in [4.78, 5) is 2.33. The van der Waals surface area contributed by atoms with Crippen molar-refractivity contribution >= 4 is 0 Å². The highest BCUT2D eigenvalue weighted by Crippen LogP contribution is 2.06. The Balaban J connectivity index is 2.45. The first-order valence-electron chi connectivity index (χ1n) is 4.32. The van der Waals surface area contributed by atoms with Crippen molar-refractivity contribution in [1.29, 1.82) is 0 Å². The molecular weight excluding hydrogens is 134 g/mol. The molecular formula is C10H17N. The van der Waals surface area contributed by atoms with E-state index in [0.29, 0.717) is 0 Å². The van der Waals surface area contributed by atoms with E-state index in [1.165, 1.54) is 31.4 Å². The highest BCUT2D eigenvalue weighted by Gasteiger charge is 2.00. The Hall–Kier alpha value is -0.560. The van der Waals surface area contributed by atoms with Gasteiger partial charge >= 0.3 is 0 Å². The van der Waals surface area contributed by atoms with E-state index in [2.05, 4.69) is 30.7 Å². The summed E-state index contributed by atoms with van der Waals surface area (Å²) >= 11 is 0. The van der Waals surface area contributed by atoms with E-state index in [0.717, 1.165) is 6.54 Å². The summed E-state index contributed by atoms with van der Waals surface area (Å²) in [5.74, 6) is 0. The first-order chi connectivity index (χ1) is 5.29. The number of hydrogen-bond donors (Lipinski definition) is 0. The van der Waals surface area contributed by atoms with Crippen molar-refractivity contribution in [3.05, 3.63) is 24.3 Å². The number of nitrogens with zero attached hydrogens (tertiary/aromatic N) is 1. The molecule has 0 spiro atoms. The van der Waals surface area contributed by atoms with E-state index in [-0.39, 0.29) is 0 Å². The van der Waals surface area contributed by atoms with Crippen LogP contribution in [0, 0.1) is 0 Å². The molecule has 1 heteroatoms. The Morgan fingerprint density at radius 3 is 3.09 bits per heavy atom. The van der Waals surface area contributed by atoms with Gasteiger partial charge in [-0.15, -0.1) is 0 Å². The molecule has 0 aromatic rings. The average Bonchev–Trinajstić information content (AvgIpc) is 2.02. The van der Waals surface area contributed by atoms with Crippen molar-refractivity contribution in [1.82, 2.24) is 4.90 Å². The van der Waals surface area contributed by atoms with Crippen LogP contribution in [0.4, 0.5) is 0 Å². The number of rotatable bonds is 0. The van der Waals surface area contributed by atoms with Crippen LogP contribution in [-0.2, 0) is 0 Å². The highest BCUT2D eigenvalue weighted by molar-refractivity contribution is 5.16. The fraction of sp³-hybridized carbons (Fsp3) is 0.600. The van der Waals surface area contributed by atoms with Gasteiger partial charge in [0.05, 0.1) is 0 Å². The lowest BCUT2D eigenvalue weighted by Crippen LogP contribution is -2.21. The SMILES string of the molecule is C=C1/C=C\CCCCN(C)C1. The molecule has 1 rings (SSSR count). The van der Waals surface area contributed by atoms with Gasteiger partial charge in [-0.3, -0.25) is 0 Å². The highest BCUT2D eigenvalue weighted by atomic mass is 15.1. The number of likely N-dealkylation sites (N-methyl/N-ethyl adjacent to an activating group) is 1. The van der Waals surface area contributed by atoms with Crippen LogP contribution in [0.15, 0.2) is 24.3 Å². The lowest BCUT2D eigenvalue weighted by atomic mass is 10.2. The Labute approximate surface area is 69.4 Å². The average molecular weight is 151 g/mol.